The van der Waals surface area contributed by atoms with E-state index in [1.165, 1.54) is 95.5 Å². The number of unbranched alkanes of at least 4 members (excludes halogenated alkanes) is 4. The molecule has 1 aromatic rings. The Kier molecular flexibility index (Phi) is 10.8. The maximum atomic E-state index is 2.39. The van der Waals surface area contributed by atoms with Gasteiger partial charge in [0.15, 0.2) is 0 Å². The van der Waals surface area contributed by atoms with E-state index in [2.05, 4.69) is 38.1 Å². The highest BCUT2D eigenvalue weighted by Crippen LogP contribution is 2.43. The van der Waals surface area contributed by atoms with Crippen molar-refractivity contribution >= 4 is 0 Å². The molecule has 0 amide bonds. The summed E-state index contributed by atoms with van der Waals surface area (Å²) in [6.07, 6.45) is 26.3. The predicted octanol–water partition coefficient (Wildman–Crippen LogP) is 9.54. The number of aryl methyl sites for hydroxylation is 2. The molecule has 2 fully saturated rings. The van der Waals surface area contributed by atoms with Gasteiger partial charge in [-0.05, 0) is 79.7 Å². The summed E-state index contributed by atoms with van der Waals surface area (Å²) in [5, 5.41) is 0. The van der Waals surface area contributed by atoms with Gasteiger partial charge in [0.05, 0.1) is 0 Å². The average molecular weight is 411 g/mol. The second-order valence-corrected chi connectivity index (χ2v) is 10.9. The van der Waals surface area contributed by atoms with Crippen LogP contribution in [0.4, 0.5) is 0 Å². The molecule has 0 N–H and O–H groups in total. The molecule has 0 aliphatic heterocycles. The fourth-order valence-electron chi connectivity index (χ4n) is 6.47. The van der Waals surface area contributed by atoms with Crippen molar-refractivity contribution < 1.29 is 0 Å². The van der Waals surface area contributed by atoms with E-state index in [4.69, 9.17) is 0 Å². The van der Waals surface area contributed by atoms with Gasteiger partial charge in [-0.25, -0.2) is 0 Å². The molecule has 0 radical (unpaired) electrons. The molecule has 3 rings (SSSR count). The zero-order valence-electron chi connectivity index (χ0n) is 20.3. The van der Waals surface area contributed by atoms with Crippen molar-refractivity contribution in [3.05, 3.63) is 35.4 Å². The van der Waals surface area contributed by atoms with Crippen LogP contribution in [-0.4, -0.2) is 0 Å². The lowest BCUT2D eigenvalue weighted by atomic mass is 9.68. The van der Waals surface area contributed by atoms with Gasteiger partial charge in [-0.3, -0.25) is 0 Å². The zero-order valence-corrected chi connectivity index (χ0v) is 20.3. The second kappa shape index (κ2) is 13.6. The summed E-state index contributed by atoms with van der Waals surface area (Å²) in [7, 11) is 0. The van der Waals surface area contributed by atoms with Gasteiger partial charge in [0, 0.05) is 0 Å². The van der Waals surface area contributed by atoms with E-state index in [0.717, 1.165) is 23.7 Å². The molecule has 1 aromatic carbocycles. The second-order valence-electron chi connectivity index (χ2n) is 10.9. The van der Waals surface area contributed by atoms with Crippen LogP contribution in [0.3, 0.4) is 0 Å². The lowest BCUT2D eigenvalue weighted by molar-refractivity contribution is 0.140. The van der Waals surface area contributed by atoms with Crippen LogP contribution in [0, 0.1) is 23.7 Å². The van der Waals surface area contributed by atoms with Crippen molar-refractivity contribution in [1.82, 2.24) is 0 Å². The lowest BCUT2D eigenvalue weighted by Crippen LogP contribution is -2.26. The Morgan fingerprint density at radius 3 is 1.57 bits per heavy atom. The summed E-state index contributed by atoms with van der Waals surface area (Å²) < 4.78 is 0. The third-order valence-corrected chi connectivity index (χ3v) is 8.57. The highest BCUT2D eigenvalue weighted by atomic mass is 14.4. The molecule has 0 bridgehead atoms. The van der Waals surface area contributed by atoms with E-state index in [0.29, 0.717) is 0 Å². The minimum absolute atomic E-state index is 0.996. The predicted molar refractivity (Wildman–Crippen MR) is 133 cm³/mol. The molecule has 30 heavy (non-hydrogen) atoms. The van der Waals surface area contributed by atoms with Crippen molar-refractivity contribution in [3.63, 3.8) is 0 Å². The van der Waals surface area contributed by atoms with Crippen molar-refractivity contribution in [1.29, 1.82) is 0 Å². The first-order chi connectivity index (χ1) is 14.8. The number of rotatable bonds is 12. The quantitative estimate of drug-likeness (QED) is 0.301. The van der Waals surface area contributed by atoms with E-state index in [1.807, 2.05) is 0 Å². The van der Waals surface area contributed by atoms with Gasteiger partial charge in [0.25, 0.3) is 0 Å². The Morgan fingerprint density at radius 1 is 0.533 bits per heavy atom. The molecule has 2 aliphatic carbocycles. The van der Waals surface area contributed by atoms with Gasteiger partial charge in [-0.1, -0.05) is 109 Å². The summed E-state index contributed by atoms with van der Waals surface area (Å²) in [5.74, 6) is 4.22. The van der Waals surface area contributed by atoms with Crippen LogP contribution < -0.4 is 0 Å². The lowest BCUT2D eigenvalue weighted by Gasteiger charge is -2.38. The van der Waals surface area contributed by atoms with Crippen molar-refractivity contribution in [3.8, 4) is 0 Å². The van der Waals surface area contributed by atoms with Crippen LogP contribution in [0.5, 0.6) is 0 Å². The van der Waals surface area contributed by atoms with Crippen LogP contribution in [0.15, 0.2) is 24.3 Å². The number of benzene rings is 1. The van der Waals surface area contributed by atoms with E-state index in [1.54, 1.807) is 31.2 Å². The molecule has 0 unspecified atom stereocenters. The molecule has 0 saturated heterocycles. The maximum Gasteiger partial charge on any atom is -0.0276 e. The standard InChI is InChI=1S/C30H50/c1-3-5-6-7-8-10-26-17-21-29(22-18-26)30-23-19-28(20-24-30)16-15-27-13-11-25(9-4-2)12-14-27/h11-14,26,28-30H,3-10,15-24H2,1-2H3. The molecule has 0 aromatic heterocycles. The molecule has 0 nitrogen and oxygen atoms in total. The molecule has 0 heteroatoms. The Balaban J connectivity index is 1.27. The molecule has 170 valence electrons. The van der Waals surface area contributed by atoms with Crippen LogP contribution in [0.25, 0.3) is 0 Å². The molecule has 0 heterocycles. The number of hydrogen-bond acceptors (Lipinski definition) is 0. The van der Waals surface area contributed by atoms with Crippen LogP contribution in [0.2, 0.25) is 0 Å². The molecular formula is C30H50. The fraction of sp³-hybridized carbons (Fsp3) is 0.800. The van der Waals surface area contributed by atoms with Gasteiger partial charge in [-0.15, -0.1) is 0 Å². The third-order valence-electron chi connectivity index (χ3n) is 8.57. The van der Waals surface area contributed by atoms with Crippen LogP contribution in [0.1, 0.15) is 128 Å². The summed E-state index contributed by atoms with van der Waals surface area (Å²) in [4.78, 5) is 0. The topological polar surface area (TPSA) is 0 Å². The van der Waals surface area contributed by atoms with Crippen molar-refractivity contribution in [2.24, 2.45) is 23.7 Å². The Bertz CT molecular complexity index is 540. The Morgan fingerprint density at radius 2 is 1.03 bits per heavy atom. The Hall–Kier alpha value is -0.780. The minimum Gasteiger partial charge on any atom is -0.0654 e. The summed E-state index contributed by atoms with van der Waals surface area (Å²) >= 11 is 0. The summed E-state index contributed by atoms with van der Waals surface area (Å²) in [6.45, 7) is 4.59. The highest BCUT2D eigenvalue weighted by Gasteiger charge is 2.30. The van der Waals surface area contributed by atoms with Gasteiger partial charge in [0.2, 0.25) is 0 Å². The Labute approximate surface area is 188 Å². The van der Waals surface area contributed by atoms with E-state index in [9.17, 15) is 0 Å². The van der Waals surface area contributed by atoms with Crippen molar-refractivity contribution in [2.45, 2.75) is 129 Å². The van der Waals surface area contributed by atoms with Gasteiger partial charge in [0.1, 0.15) is 0 Å². The average Bonchev–Trinajstić information content (AvgIpc) is 2.79. The molecular weight excluding hydrogens is 360 g/mol. The first-order valence-electron chi connectivity index (χ1n) is 13.9. The summed E-state index contributed by atoms with van der Waals surface area (Å²) in [6, 6.07) is 9.49. The number of hydrogen-bond donors (Lipinski definition) is 0. The van der Waals surface area contributed by atoms with Gasteiger partial charge >= 0.3 is 0 Å². The summed E-state index contributed by atoms with van der Waals surface area (Å²) in [5.41, 5.74) is 3.07. The zero-order chi connectivity index (χ0) is 21.0. The highest BCUT2D eigenvalue weighted by molar-refractivity contribution is 5.22. The van der Waals surface area contributed by atoms with Crippen LogP contribution >= 0.6 is 0 Å². The van der Waals surface area contributed by atoms with E-state index < -0.39 is 0 Å². The minimum atomic E-state index is 0.996. The largest absolute Gasteiger partial charge is 0.0654 e. The SMILES string of the molecule is CCCCCCCC1CCC(C2CCC(CCc3ccc(CCC)cc3)CC2)CC1. The molecule has 2 saturated carbocycles. The molecule has 2 aliphatic rings. The first kappa shape index (κ1) is 23.9. The van der Waals surface area contributed by atoms with Gasteiger partial charge in [-0.2, -0.15) is 0 Å². The van der Waals surface area contributed by atoms with E-state index >= 15 is 0 Å². The smallest absolute Gasteiger partial charge is 0.0276 e. The first-order valence-corrected chi connectivity index (χ1v) is 13.9. The van der Waals surface area contributed by atoms with Crippen molar-refractivity contribution in [2.75, 3.05) is 0 Å². The monoisotopic (exact) mass is 410 g/mol. The fourth-order valence-corrected chi connectivity index (χ4v) is 6.47. The third kappa shape index (κ3) is 8.05. The van der Waals surface area contributed by atoms with E-state index in [-0.39, 0.29) is 0 Å². The maximum absolute atomic E-state index is 2.39. The van der Waals surface area contributed by atoms with Gasteiger partial charge < -0.3 is 0 Å². The molecule has 0 spiro atoms. The normalized spacial score (nSPS) is 27.3. The van der Waals surface area contributed by atoms with Crippen LogP contribution in [-0.2, 0) is 12.8 Å². The molecule has 0 atom stereocenters.